The first-order valence-electron chi connectivity index (χ1n) is 41.3. The second kappa shape index (κ2) is 26.5. The van der Waals surface area contributed by atoms with E-state index in [-0.39, 0.29) is 58.7 Å². The monoisotopic (exact) mass is 1440 g/mol. The molecule has 3 aromatic heterocycles. The van der Waals surface area contributed by atoms with Gasteiger partial charge in [-0.25, -0.2) is 13.8 Å². The summed E-state index contributed by atoms with van der Waals surface area (Å²) in [6.45, 7) is 23.4. The van der Waals surface area contributed by atoms with Crippen LogP contribution in [0, 0.1) is 134 Å². The van der Waals surface area contributed by atoms with Crippen LogP contribution < -0.4 is 9.47 Å². The van der Waals surface area contributed by atoms with Gasteiger partial charge in [-0.1, -0.05) is 52.0 Å². The van der Waals surface area contributed by atoms with Gasteiger partial charge in [-0.15, -0.1) is 10.2 Å². The molecule has 18 rings (SSSR count). The van der Waals surface area contributed by atoms with E-state index in [1.807, 2.05) is 57.2 Å². The van der Waals surface area contributed by atoms with Crippen LogP contribution in [0.3, 0.4) is 0 Å². The SMILES string of the molecule is COc1ccc2nn(CC(=O)[C@H]3CC[C@H]4[C@@H]5CC[C@H]6C[C@](C)(O)CC[C@]6(C)[C@H]5CC[C@]34C)nc2c1.COc1ccc2nnn(CC(=O)[C@H]3CC[C@H]4[C@@H]5CC[C@H]6C[C@](C)(O)CC[C@]6(C)[C@H]5CC[C@]34C)c2c1.Cc1cc2nnn(CC(=O)[C@H]3CC[C@H]4[C@@H]5CC[C@H]6C[C@](C)(O)CC[C@]6(C)[C@H]5CC[C@]34C)c2cc1F. The van der Waals surface area contributed by atoms with E-state index in [1.165, 1.54) is 76.7 Å². The summed E-state index contributed by atoms with van der Waals surface area (Å²) < 4.78 is 28.3. The van der Waals surface area contributed by atoms with Crippen molar-refractivity contribution in [1.29, 1.82) is 0 Å². The Labute approximate surface area is 621 Å². The fourth-order valence-electron chi connectivity index (χ4n) is 28.2. The van der Waals surface area contributed by atoms with Crippen LogP contribution in [0.2, 0.25) is 0 Å². The molecule has 12 aliphatic carbocycles. The Morgan fingerprint density at radius 1 is 0.419 bits per heavy atom. The number of benzene rings is 3. The van der Waals surface area contributed by atoms with Crippen LogP contribution in [-0.4, -0.2) is 109 Å². The molecule has 0 bridgehead atoms. The fourth-order valence-corrected chi connectivity index (χ4v) is 28.2. The molecule has 3 N–H and O–H groups in total. The van der Waals surface area contributed by atoms with E-state index in [4.69, 9.17) is 9.47 Å². The summed E-state index contributed by atoms with van der Waals surface area (Å²) in [6, 6.07) is 14.5. The highest BCUT2D eigenvalue weighted by molar-refractivity contribution is 5.86. The number of ether oxygens (including phenoxy) is 2. The van der Waals surface area contributed by atoms with Gasteiger partial charge in [0.15, 0.2) is 17.3 Å². The zero-order valence-electron chi connectivity index (χ0n) is 65.3. The number of nitrogens with zero attached hydrogens (tertiary/aromatic N) is 9. The van der Waals surface area contributed by atoms with Crippen molar-refractivity contribution in [2.75, 3.05) is 14.2 Å². The van der Waals surface area contributed by atoms with Crippen molar-refractivity contribution in [3.05, 3.63) is 59.9 Å². The van der Waals surface area contributed by atoms with Gasteiger partial charge in [0, 0.05) is 36.0 Å². The molecule has 12 saturated carbocycles. The number of Topliss-reactive ketones (excluding diaryl/α,β-unsaturated/α-hetero) is 3. The zero-order valence-corrected chi connectivity index (χ0v) is 65.3. The van der Waals surface area contributed by atoms with Crippen molar-refractivity contribution in [3.8, 4) is 11.5 Å². The average Bonchev–Trinajstić information content (AvgIpc) is 1.68. The lowest BCUT2D eigenvalue weighted by Gasteiger charge is -2.61. The predicted octanol–water partition coefficient (Wildman–Crippen LogP) is 16.7. The number of ketones is 3. The number of fused-ring (bicyclic) bond motifs is 18. The van der Waals surface area contributed by atoms with Gasteiger partial charge in [0.2, 0.25) is 0 Å². The van der Waals surface area contributed by atoms with Gasteiger partial charge < -0.3 is 24.8 Å². The molecule has 0 radical (unpaired) electrons. The molecule has 17 nitrogen and oxygen atoms in total. The maximum absolute atomic E-state index is 14.2. The summed E-state index contributed by atoms with van der Waals surface area (Å²) in [6.07, 6.45) is 30.1. The highest BCUT2D eigenvalue weighted by Gasteiger charge is 2.66. The van der Waals surface area contributed by atoms with Crippen molar-refractivity contribution in [1.82, 2.24) is 45.0 Å². The van der Waals surface area contributed by atoms with Crippen LogP contribution in [0.1, 0.15) is 241 Å². The first-order chi connectivity index (χ1) is 49.8. The third-order valence-electron chi connectivity index (χ3n) is 34.1. The lowest BCUT2D eigenvalue weighted by molar-refractivity contribution is -0.151. The molecule has 0 aliphatic heterocycles. The Hall–Kier alpha value is -5.72. The fraction of sp³-hybridized carbons (Fsp3) is 0.759. The molecule has 0 spiro atoms. The number of hydrogen-bond acceptors (Lipinski definition) is 14. The predicted molar refractivity (Wildman–Crippen MR) is 403 cm³/mol. The first-order valence-corrected chi connectivity index (χ1v) is 41.3. The quantitative estimate of drug-likeness (QED) is 0.110. The van der Waals surface area contributed by atoms with Crippen LogP contribution in [0.5, 0.6) is 11.5 Å². The van der Waals surface area contributed by atoms with E-state index in [0.717, 1.165) is 166 Å². The van der Waals surface area contributed by atoms with E-state index < -0.39 is 16.8 Å². The summed E-state index contributed by atoms with van der Waals surface area (Å²) in [5, 5.41) is 58.4. The molecule has 570 valence electrons. The second-order valence-electron chi connectivity index (χ2n) is 39.5. The van der Waals surface area contributed by atoms with Crippen molar-refractivity contribution in [3.63, 3.8) is 0 Å². The van der Waals surface area contributed by atoms with Crippen LogP contribution in [0.25, 0.3) is 33.1 Å². The van der Waals surface area contributed by atoms with Crippen LogP contribution in [0.4, 0.5) is 4.39 Å². The smallest absolute Gasteiger partial charge is 0.159 e. The molecule has 0 amide bonds. The summed E-state index contributed by atoms with van der Waals surface area (Å²) in [7, 11) is 3.30. The average molecular weight is 1440 g/mol. The van der Waals surface area contributed by atoms with Gasteiger partial charge in [-0.2, -0.15) is 15.0 Å². The van der Waals surface area contributed by atoms with E-state index in [1.54, 1.807) is 41.4 Å². The molecule has 105 heavy (non-hydrogen) atoms. The molecular weight excluding hydrogens is 1320 g/mol. The minimum Gasteiger partial charge on any atom is -0.497 e. The third-order valence-corrected chi connectivity index (χ3v) is 34.1. The number of aromatic nitrogens is 9. The largest absolute Gasteiger partial charge is 0.497 e. The van der Waals surface area contributed by atoms with Crippen molar-refractivity contribution < 1.29 is 43.6 Å². The molecular formula is C87H122FN9O8. The highest BCUT2D eigenvalue weighted by Crippen LogP contribution is 2.72. The molecule has 3 heterocycles. The molecule has 18 heteroatoms. The summed E-state index contributed by atoms with van der Waals surface area (Å²) in [5.41, 5.74) is 4.81. The van der Waals surface area contributed by atoms with Crippen molar-refractivity contribution in [2.24, 2.45) is 121 Å². The van der Waals surface area contributed by atoms with Crippen molar-refractivity contribution >= 4 is 50.4 Å². The summed E-state index contributed by atoms with van der Waals surface area (Å²) >= 11 is 0. The Morgan fingerprint density at radius 2 is 0.790 bits per heavy atom. The number of halogens is 1. The first kappa shape index (κ1) is 73.4. The molecule has 0 unspecified atom stereocenters. The molecule has 24 atom stereocenters. The van der Waals surface area contributed by atoms with Gasteiger partial charge in [-0.05, 0) is 340 Å². The van der Waals surface area contributed by atoms with Crippen LogP contribution >= 0.6 is 0 Å². The zero-order chi connectivity index (χ0) is 73.9. The number of carbonyl (C=O) groups is 3. The highest BCUT2D eigenvalue weighted by atomic mass is 19.1. The maximum atomic E-state index is 14.2. The minimum atomic E-state index is -0.502. The Kier molecular flexibility index (Phi) is 18.5. The van der Waals surface area contributed by atoms with Crippen LogP contribution in [-0.2, 0) is 34.0 Å². The third kappa shape index (κ3) is 12.5. The number of aryl methyl sites for hydroxylation is 1. The molecule has 3 aromatic carbocycles. The Bertz CT molecular complexity index is 4310. The van der Waals surface area contributed by atoms with Gasteiger partial charge in [0.05, 0.1) is 42.1 Å². The molecule has 0 saturated heterocycles. The Balaban J connectivity index is 0.000000121. The second-order valence-corrected chi connectivity index (χ2v) is 39.5. The van der Waals surface area contributed by atoms with Gasteiger partial charge in [0.1, 0.15) is 59.0 Å². The van der Waals surface area contributed by atoms with E-state index in [9.17, 15) is 34.1 Å². The molecule has 6 aromatic rings. The van der Waals surface area contributed by atoms with E-state index in [0.29, 0.717) is 92.4 Å². The molecule has 12 fully saturated rings. The van der Waals surface area contributed by atoms with Gasteiger partial charge in [-0.3, -0.25) is 14.4 Å². The molecule has 12 aliphatic rings. The number of hydrogen-bond donors (Lipinski definition) is 3. The Morgan fingerprint density at radius 3 is 1.22 bits per heavy atom. The number of aliphatic hydroxyl groups is 3. The maximum Gasteiger partial charge on any atom is 0.159 e. The summed E-state index contributed by atoms with van der Waals surface area (Å²) in [4.78, 5) is 42.7. The number of rotatable bonds is 11. The van der Waals surface area contributed by atoms with E-state index in [2.05, 4.69) is 72.4 Å². The van der Waals surface area contributed by atoms with Crippen LogP contribution in [0.15, 0.2) is 48.5 Å². The number of methoxy groups -OCH3 is 2. The lowest BCUT2D eigenvalue weighted by Crippen LogP contribution is -2.55. The van der Waals surface area contributed by atoms with E-state index >= 15 is 0 Å². The summed E-state index contributed by atoms with van der Waals surface area (Å²) in [5.74, 6) is 10.5. The standard InChI is InChI=1S/C29H40FN3O2.2C29H41N3O3/c1-17-13-24-25(14-23(17)30)33(32-31-24)16-26(34)22-8-7-20-19-6-5-18-15-27(2,35)11-12-28(18,3)21(19)9-10-29(20,22)4;1-27(34)13-14-28(2)18(16-27)5-7-20-21-8-9-23(29(21,3)12-11-22(20)28)26(33)17-32-25-15-19(35-4)6-10-24(25)30-31-32;1-27(34)13-14-28(2)18(16-27)5-7-20-21-8-9-23(29(21,3)12-11-22(20)28)26(33)17-32-30-24-10-6-19(35-4)15-25(24)31-32/h13-14,18-22,35H,5-12,15-16H2,1-4H3;2*6,10,15,18,20-23,34H,5,7-9,11-14,16-17H2,1-4H3/t18-,19-,20-,21-,22+,27+,28-,29-;2*18-,20-,21-,22-,23+,27+,28-,29-/m000/s1. The van der Waals surface area contributed by atoms with Gasteiger partial charge >= 0.3 is 0 Å². The normalized spacial score (nSPS) is 42.9. The topological polar surface area (TPSA) is 222 Å². The van der Waals surface area contributed by atoms with Gasteiger partial charge in [0.25, 0.3) is 0 Å². The minimum absolute atomic E-state index is 0.0415. The lowest BCUT2D eigenvalue weighted by atomic mass is 9.44. The van der Waals surface area contributed by atoms with Crippen molar-refractivity contribution in [2.45, 2.75) is 279 Å². The number of carbonyl (C=O) groups excluding carboxylic acids is 3.